The van der Waals surface area contributed by atoms with E-state index in [9.17, 15) is 0 Å². The Labute approximate surface area is 278 Å². The molecule has 228 valence electrons. The lowest BCUT2D eigenvalue weighted by Crippen LogP contribution is -2.03. The Morgan fingerprint density at radius 2 is 1.15 bits per heavy atom. The topological polar surface area (TPSA) is 26.0 Å². The van der Waals surface area contributed by atoms with Crippen molar-refractivity contribution in [3.05, 3.63) is 209 Å². The molecule has 6 aromatic rings. The first-order chi connectivity index (χ1) is 23.2. The minimum atomic E-state index is 0.840. The zero-order valence-corrected chi connectivity index (χ0v) is 26.6. The predicted molar refractivity (Wildman–Crippen MR) is 201 cm³/mol. The van der Waals surface area contributed by atoms with Crippen LogP contribution >= 0.6 is 0 Å². The standard InChI is InChI=1S/C46H39N/c47-46(40-16-8-3-9-17-40)33-41(27-22-34-12-4-1-5-13-34)37-28-30-39(31-29-37)43-19-11-20-44-42(18-10-21-45(43)44)38-25-23-36(24-26-38)32-35-14-6-2-7-15-35/h1-8,10-16,18-21,23-31,33H,9,17,22,32,47H2/b41-27+,46-33-. The van der Waals surface area contributed by atoms with Crippen LogP contribution < -0.4 is 5.73 Å². The zero-order chi connectivity index (χ0) is 31.8. The van der Waals surface area contributed by atoms with E-state index in [1.807, 2.05) is 0 Å². The van der Waals surface area contributed by atoms with Gasteiger partial charge in [0.05, 0.1) is 0 Å². The number of hydrogen-bond acceptors (Lipinski definition) is 1. The molecule has 0 aliphatic heterocycles. The summed E-state index contributed by atoms with van der Waals surface area (Å²) in [7, 11) is 0. The van der Waals surface area contributed by atoms with E-state index in [0.717, 1.165) is 42.5 Å². The van der Waals surface area contributed by atoms with Crippen LogP contribution in [0.4, 0.5) is 0 Å². The van der Waals surface area contributed by atoms with Gasteiger partial charge in [0.25, 0.3) is 0 Å². The summed E-state index contributed by atoms with van der Waals surface area (Å²) < 4.78 is 0. The molecule has 0 amide bonds. The molecule has 6 aromatic carbocycles. The van der Waals surface area contributed by atoms with Crippen molar-refractivity contribution in [2.75, 3.05) is 0 Å². The third-order valence-corrected chi connectivity index (χ3v) is 9.06. The molecule has 0 bridgehead atoms. The third kappa shape index (κ3) is 7.11. The van der Waals surface area contributed by atoms with Crippen LogP contribution in [0.15, 0.2) is 187 Å². The number of hydrogen-bond donors (Lipinski definition) is 1. The molecule has 0 unspecified atom stereocenters. The van der Waals surface area contributed by atoms with Gasteiger partial charge in [-0.3, -0.25) is 0 Å². The van der Waals surface area contributed by atoms with Crippen LogP contribution in [0.2, 0.25) is 0 Å². The highest BCUT2D eigenvalue weighted by Crippen LogP contribution is 2.36. The number of allylic oxidation sites excluding steroid dienone is 7. The summed E-state index contributed by atoms with van der Waals surface area (Å²) in [4.78, 5) is 0. The second-order valence-corrected chi connectivity index (χ2v) is 12.3. The summed E-state index contributed by atoms with van der Waals surface area (Å²) in [5, 5.41) is 2.52. The lowest BCUT2D eigenvalue weighted by atomic mass is 9.91. The van der Waals surface area contributed by atoms with Gasteiger partial charge in [-0.1, -0.05) is 170 Å². The molecule has 1 nitrogen and oxygen atoms in total. The van der Waals surface area contributed by atoms with Crippen molar-refractivity contribution in [1.29, 1.82) is 0 Å². The average Bonchev–Trinajstić information content (AvgIpc) is 3.14. The number of nitrogens with two attached hydrogens (primary N) is 1. The van der Waals surface area contributed by atoms with Crippen LogP contribution in [0.5, 0.6) is 0 Å². The van der Waals surface area contributed by atoms with Crippen LogP contribution in [0.25, 0.3) is 38.6 Å². The first-order valence-electron chi connectivity index (χ1n) is 16.5. The molecule has 0 fully saturated rings. The smallest absolute Gasteiger partial charge is 0.0352 e. The van der Waals surface area contributed by atoms with Crippen LogP contribution in [0.1, 0.15) is 35.1 Å². The van der Waals surface area contributed by atoms with E-state index in [0.29, 0.717) is 0 Å². The van der Waals surface area contributed by atoms with Gasteiger partial charge < -0.3 is 5.73 Å². The molecular weight excluding hydrogens is 567 g/mol. The van der Waals surface area contributed by atoms with E-state index in [4.69, 9.17) is 5.73 Å². The van der Waals surface area contributed by atoms with Crippen LogP contribution in [0.3, 0.4) is 0 Å². The zero-order valence-electron chi connectivity index (χ0n) is 26.6. The van der Waals surface area contributed by atoms with E-state index in [2.05, 4.69) is 176 Å². The minimum Gasteiger partial charge on any atom is -0.398 e. The molecule has 2 N–H and O–H groups in total. The SMILES string of the molecule is N/C(=C\C(=C/Cc1ccccc1)c1ccc(-c2cccc3c(-c4ccc(Cc5ccccc5)cc4)cccc23)cc1)C1=CC=CCC1. The molecule has 0 atom stereocenters. The molecule has 0 saturated heterocycles. The predicted octanol–water partition coefficient (Wildman–Crippen LogP) is 11.5. The highest BCUT2D eigenvalue weighted by atomic mass is 14.6. The Kier molecular flexibility index (Phi) is 9.06. The molecule has 0 aromatic heterocycles. The van der Waals surface area contributed by atoms with Gasteiger partial charge in [-0.15, -0.1) is 0 Å². The van der Waals surface area contributed by atoms with E-state index < -0.39 is 0 Å². The minimum absolute atomic E-state index is 0.840. The summed E-state index contributed by atoms with van der Waals surface area (Å²) in [6.45, 7) is 0. The fourth-order valence-electron chi connectivity index (χ4n) is 6.49. The van der Waals surface area contributed by atoms with Crippen LogP contribution in [0, 0.1) is 0 Å². The van der Waals surface area contributed by atoms with Crippen molar-refractivity contribution in [1.82, 2.24) is 0 Å². The molecule has 47 heavy (non-hydrogen) atoms. The molecule has 1 aliphatic rings. The average molecular weight is 606 g/mol. The Bertz CT molecular complexity index is 2090. The molecule has 0 saturated carbocycles. The quantitative estimate of drug-likeness (QED) is 0.163. The van der Waals surface area contributed by atoms with Crippen molar-refractivity contribution in [2.24, 2.45) is 5.73 Å². The second-order valence-electron chi connectivity index (χ2n) is 12.3. The van der Waals surface area contributed by atoms with Crippen molar-refractivity contribution in [2.45, 2.75) is 25.7 Å². The van der Waals surface area contributed by atoms with Gasteiger partial charge in [0.15, 0.2) is 0 Å². The maximum absolute atomic E-state index is 6.66. The summed E-state index contributed by atoms with van der Waals surface area (Å²) in [5.74, 6) is 0. The summed E-state index contributed by atoms with van der Waals surface area (Å²) >= 11 is 0. The van der Waals surface area contributed by atoms with Crippen LogP contribution in [-0.4, -0.2) is 0 Å². The van der Waals surface area contributed by atoms with Crippen molar-refractivity contribution in [3.8, 4) is 22.3 Å². The van der Waals surface area contributed by atoms with Gasteiger partial charge in [-0.25, -0.2) is 0 Å². The van der Waals surface area contributed by atoms with Gasteiger partial charge >= 0.3 is 0 Å². The van der Waals surface area contributed by atoms with Crippen molar-refractivity contribution < 1.29 is 0 Å². The highest BCUT2D eigenvalue weighted by Gasteiger charge is 2.11. The number of rotatable bonds is 9. The number of fused-ring (bicyclic) bond motifs is 1. The summed E-state index contributed by atoms with van der Waals surface area (Å²) in [6.07, 6.45) is 14.7. The maximum atomic E-state index is 6.66. The Morgan fingerprint density at radius 3 is 1.74 bits per heavy atom. The Balaban J connectivity index is 1.19. The molecule has 0 spiro atoms. The van der Waals surface area contributed by atoms with E-state index in [1.165, 1.54) is 55.3 Å². The fourth-order valence-corrected chi connectivity index (χ4v) is 6.49. The van der Waals surface area contributed by atoms with E-state index in [1.54, 1.807) is 0 Å². The molecule has 0 heterocycles. The van der Waals surface area contributed by atoms with Gasteiger partial charge in [-0.2, -0.15) is 0 Å². The largest absolute Gasteiger partial charge is 0.398 e. The monoisotopic (exact) mass is 605 g/mol. The molecule has 1 heteroatoms. The van der Waals surface area contributed by atoms with Gasteiger partial charge in [0.1, 0.15) is 0 Å². The van der Waals surface area contributed by atoms with Gasteiger partial charge in [0.2, 0.25) is 0 Å². The van der Waals surface area contributed by atoms with Crippen molar-refractivity contribution in [3.63, 3.8) is 0 Å². The first-order valence-corrected chi connectivity index (χ1v) is 16.5. The summed E-state index contributed by atoms with van der Waals surface area (Å²) in [6, 6.07) is 52.6. The highest BCUT2D eigenvalue weighted by molar-refractivity contribution is 6.04. The second kappa shape index (κ2) is 14.2. The molecule has 1 aliphatic carbocycles. The fraction of sp³-hybridized carbons (Fsp3) is 0.0870. The maximum Gasteiger partial charge on any atom is 0.0352 e. The van der Waals surface area contributed by atoms with Gasteiger partial charge in [0, 0.05) is 5.70 Å². The lowest BCUT2D eigenvalue weighted by Gasteiger charge is -2.13. The Morgan fingerprint density at radius 1 is 0.574 bits per heavy atom. The normalized spacial score (nSPS) is 13.5. The van der Waals surface area contributed by atoms with Gasteiger partial charge in [-0.05, 0) is 98.2 Å². The van der Waals surface area contributed by atoms with Crippen molar-refractivity contribution >= 4 is 16.3 Å². The molecule has 7 rings (SSSR count). The molecule has 0 radical (unpaired) electrons. The van der Waals surface area contributed by atoms with Crippen LogP contribution in [-0.2, 0) is 12.8 Å². The van der Waals surface area contributed by atoms with E-state index >= 15 is 0 Å². The first kappa shape index (κ1) is 30.0. The summed E-state index contributed by atoms with van der Waals surface area (Å²) in [5.41, 5.74) is 19.9. The van der Waals surface area contributed by atoms with E-state index in [-0.39, 0.29) is 0 Å². The molecular formula is C46H39N. The number of benzene rings is 6. The lowest BCUT2D eigenvalue weighted by molar-refractivity contribution is 0.962. The Hall–Kier alpha value is -5.66. The third-order valence-electron chi connectivity index (χ3n) is 9.06.